The predicted molar refractivity (Wildman–Crippen MR) is 117 cm³/mol. The number of thioether (sulfide) groups is 1. The molecule has 2 fully saturated rings. The van der Waals surface area contributed by atoms with Crippen LogP contribution in [0, 0.1) is 5.82 Å². The van der Waals surface area contributed by atoms with Crippen molar-refractivity contribution in [3.8, 4) is 0 Å². The van der Waals surface area contributed by atoms with Gasteiger partial charge in [-0.2, -0.15) is 16.9 Å². The van der Waals surface area contributed by atoms with Gasteiger partial charge >= 0.3 is 0 Å². The number of morpholine rings is 1. The largest absolute Gasteiger partial charge is 0.374 e. The zero-order chi connectivity index (χ0) is 20.2. The molecular formula is C22H29ClFN3OS. The smallest absolute Gasteiger partial charge is 0.161 e. The second-order valence-electron chi connectivity index (χ2n) is 8.19. The molecule has 0 spiro atoms. The van der Waals surface area contributed by atoms with Crippen molar-refractivity contribution in [3.63, 3.8) is 0 Å². The van der Waals surface area contributed by atoms with Gasteiger partial charge in [-0.05, 0) is 56.1 Å². The molecule has 1 aliphatic heterocycles. The molecule has 29 heavy (non-hydrogen) atoms. The van der Waals surface area contributed by atoms with Crippen molar-refractivity contribution in [2.24, 2.45) is 0 Å². The van der Waals surface area contributed by atoms with Gasteiger partial charge in [0.05, 0.1) is 31.1 Å². The summed E-state index contributed by atoms with van der Waals surface area (Å²) in [5, 5.41) is 4.96. The van der Waals surface area contributed by atoms with Gasteiger partial charge in [0.25, 0.3) is 0 Å². The van der Waals surface area contributed by atoms with Crippen LogP contribution >= 0.6 is 23.4 Å². The summed E-state index contributed by atoms with van der Waals surface area (Å²) >= 11 is 7.91. The van der Waals surface area contributed by atoms with E-state index in [9.17, 15) is 4.39 Å². The molecule has 158 valence electrons. The molecule has 0 bridgehead atoms. The lowest BCUT2D eigenvalue weighted by Crippen LogP contribution is -2.56. The Morgan fingerprint density at radius 1 is 1.17 bits per heavy atom. The second kappa shape index (κ2) is 9.82. The molecule has 2 aliphatic rings. The summed E-state index contributed by atoms with van der Waals surface area (Å²) < 4.78 is 21.3. The van der Waals surface area contributed by atoms with Crippen LogP contribution in [0.1, 0.15) is 37.3 Å². The Morgan fingerprint density at radius 3 is 2.55 bits per heavy atom. The van der Waals surface area contributed by atoms with Gasteiger partial charge in [-0.3, -0.25) is 9.58 Å². The van der Waals surface area contributed by atoms with E-state index in [0.717, 1.165) is 56.0 Å². The SMILES string of the molecule is CSC[C@H]1CN(C2CCC(n3cc(F)cn3)CC2)[C@@H](Cc2ccc(Cl)cc2)CO1. The van der Waals surface area contributed by atoms with Crippen molar-refractivity contribution >= 4 is 23.4 Å². The van der Waals surface area contributed by atoms with Gasteiger partial charge < -0.3 is 4.74 Å². The molecule has 4 rings (SSSR count). The maximum absolute atomic E-state index is 13.3. The van der Waals surface area contributed by atoms with Crippen LogP contribution in [0.25, 0.3) is 0 Å². The zero-order valence-electron chi connectivity index (χ0n) is 16.8. The Labute approximate surface area is 181 Å². The molecule has 2 atom stereocenters. The summed E-state index contributed by atoms with van der Waals surface area (Å²) in [6.07, 6.45) is 10.6. The summed E-state index contributed by atoms with van der Waals surface area (Å²) in [5.41, 5.74) is 1.30. The summed E-state index contributed by atoms with van der Waals surface area (Å²) in [5.74, 6) is 0.787. The number of aromatic nitrogens is 2. The fourth-order valence-electron chi connectivity index (χ4n) is 4.75. The van der Waals surface area contributed by atoms with Crippen LogP contribution in [0.4, 0.5) is 4.39 Å². The average Bonchev–Trinajstić information content (AvgIpc) is 3.17. The number of halogens is 2. The molecule has 0 N–H and O–H groups in total. The predicted octanol–water partition coefficient (Wildman–Crippen LogP) is 4.83. The highest BCUT2D eigenvalue weighted by molar-refractivity contribution is 7.98. The Balaban J connectivity index is 1.42. The molecule has 0 radical (unpaired) electrons. The van der Waals surface area contributed by atoms with Crippen LogP contribution in [-0.4, -0.2) is 58.0 Å². The van der Waals surface area contributed by atoms with Gasteiger partial charge in [-0.1, -0.05) is 23.7 Å². The standard InChI is InChI=1S/C22H29ClFN3OS/c1-29-15-22-13-26(21(14-28-22)10-16-2-4-17(23)5-3-16)19-6-8-20(9-7-19)27-12-18(24)11-25-27/h2-5,11-12,19-22H,6-10,13-15H2,1H3/t19?,20?,21-,22+/m0/s1. The van der Waals surface area contributed by atoms with Gasteiger partial charge in [-0.25, -0.2) is 4.39 Å². The van der Waals surface area contributed by atoms with Crippen LogP contribution in [-0.2, 0) is 11.2 Å². The normalized spacial score (nSPS) is 28.5. The molecule has 4 nitrogen and oxygen atoms in total. The van der Waals surface area contributed by atoms with Crippen molar-refractivity contribution in [2.75, 3.05) is 25.2 Å². The topological polar surface area (TPSA) is 30.3 Å². The Morgan fingerprint density at radius 2 is 1.90 bits per heavy atom. The van der Waals surface area contributed by atoms with E-state index < -0.39 is 0 Å². The lowest BCUT2D eigenvalue weighted by molar-refractivity contribution is -0.0760. The minimum absolute atomic E-state index is 0.247. The molecule has 1 saturated carbocycles. The molecule has 2 heterocycles. The molecule has 1 aromatic heterocycles. The second-order valence-corrected chi connectivity index (χ2v) is 9.54. The van der Waals surface area contributed by atoms with Crippen molar-refractivity contribution in [3.05, 3.63) is 53.1 Å². The third-order valence-electron chi connectivity index (χ3n) is 6.22. The van der Waals surface area contributed by atoms with Crippen LogP contribution < -0.4 is 0 Å². The Hall–Kier alpha value is -1.08. The third-order valence-corrected chi connectivity index (χ3v) is 7.18. The first-order valence-corrected chi connectivity index (χ1v) is 12.2. The van der Waals surface area contributed by atoms with E-state index in [1.807, 2.05) is 28.6 Å². The average molecular weight is 438 g/mol. The van der Waals surface area contributed by atoms with Crippen LogP contribution in [0.2, 0.25) is 5.02 Å². The van der Waals surface area contributed by atoms with E-state index in [1.165, 1.54) is 18.0 Å². The highest BCUT2D eigenvalue weighted by atomic mass is 35.5. The van der Waals surface area contributed by atoms with Crippen LogP contribution in [0.3, 0.4) is 0 Å². The number of hydrogen-bond donors (Lipinski definition) is 0. The molecule has 1 aliphatic carbocycles. The van der Waals surface area contributed by atoms with E-state index in [1.54, 1.807) is 0 Å². The molecule has 7 heteroatoms. The van der Waals surface area contributed by atoms with Gasteiger partial charge in [0.15, 0.2) is 5.82 Å². The maximum atomic E-state index is 13.3. The molecule has 0 amide bonds. The van der Waals surface area contributed by atoms with Crippen molar-refractivity contribution in [1.29, 1.82) is 0 Å². The monoisotopic (exact) mass is 437 g/mol. The Bertz CT molecular complexity index is 779. The quantitative estimate of drug-likeness (QED) is 0.647. The third kappa shape index (κ3) is 5.35. The van der Waals surface area contributed by atoms with E-state index in [0.29, 0.717) is 24.2 Å². The number of hydrogen-bond acceptors (Lipinski definition) is 4. The van der Waals surface area contributed by atoms with Crippen molar-refractivity contribution in [1.82, 2.24) is 14.7 Å². The Kier molecular flexibility index (Phi) is 7.16. The van der Waals surface area contributed by atoms with E-state index in [2.05, 4.69) is 28.4 Å². The fraction of sp³-hybridized carbons (Fsp3) is 0.591. The zero-order valence-corrected chi connectivity index (χ0v) is 18.4. The lowest BCUT2D eigenvalue weighted by atomic mass is 9.88. The molecule has 2 aromatic rings. The van der Waals surface area contributed by atoms with Gasteiger partial charge in [0, 0.05) is 29.4 Å². The number of benzene rings is 1. The van der Waals surface area contributed by atoms with Gasteiger partial charge in [0.1, 0.15) is 0 Å². The molecular weight excluding hydrogens is 409 g/mol. The first kappa shape index (κ1) is 21.2. The highest BCUT2D eigenvalue weighted by Gasteiger charge is 2.36. The fourth-order valence-corrected chi connectivity index (χ4v) is 5.45. The van der Waals surface area contributed by atoms with Crippen molar-refractivity contribution < 1.29 is 9.13 Å². The number of ether oxygens (including phenoxy) is 1. The maximum Gasteiger partial charge on any atom is 0.161 e. The van der Waals surface area contributed by atoms with Crippen molar-refractivity contribution in [2.45, 2.75) is 56.3 Å². The first-order chi connectivity index (χ1) is 14.1. The van der Waals surface area contributed by atoms with E-state index in [-0.39, 0.29) is 5.82 Å². The van der Waals surface area contributed by atoms with Gasteiger partial charge in [-0.15, -0.1) is 0 Å². The minimum Gasteiger partial charge on any atom is -0.374 e. The number of rotatable bonds is 6. The molecule has 1 aromatic carbocycles. The minimum atomic E-state index is -0.247. The summed E-state index contributed by atoms with van der Waals surface area (Å²) in [7, 11) is 0. The van der Waals surface area contributed by atoms with Crippen LogP contribution in [0.15, 0.2) is 36.7 Å². The summed E-state index contributed by atoms with van der Waals surface area (Å²) in [6.45, 7) is 1.77. The van der Waals surface area contributed by atoms with E-state index >= 15 is 0 Å². The molecule has 0 unspecified atom stereocenters. The first-order valence-electron chi connectivity index (χ1n) is 10.4. The molecule has 1 saturated heterocycles. The summed E-state index contributed by atoms with van der Waals surface area (Å²) in [6, 6.07) is 9.44. The van der Waals surface area contributed by atoms with Gasteiger partial charge in [0.2, 0.25) is 0 Å². The summed E-state index contributed by atoms with van der Waals surface area (Å²) in [4.78, 5) is 2.69. The lowest BCUT2D eigenvalue weighted by Gasteiger charge is -2.46. The van der Waals surface area contributed by atoms with E-state index in [4.69, 9.17) is 16.3 Å². The number of nitrogens with zero attached hydrogens (tertiary/aromatic N) is 3. The van der Waals surface area contributed by atoms with Crippen LogP contribution in [0.5, 0.6) is 0 Å². The highest BCUT2D eigenvalue weighted by Crippen LogP contribution is 2.33.